The summed E-state index contributed by atoms with van der Waals surface area (Å²) in [6.07, 6.45) is 8.51. The molecule has 224 valence electrons. The van der Waals surface area contributed by atoms with Gasteiger partial charge >= 0.3 is 0 Å². The average molecular weight is 565 g/mol. The number of hydrogen-bond acceptors (Lipinski definition) is 5. The molecule has 8 nitrogen and oxygen atoms in total. The van der Waals surface area contributed by atoms with Crippen LogP contribution in [0.3, 0.4) is 0 Å². The van der Waals surface area contributed by atoms with Crippen LogP contribution in [-0.4, -0.2) is 77.5 Å². The Morgan fingerprint density at radius 1 is 1.10 bits per heavy atom. The number of carbonyl (C=O) groups excluding carboxylic acids is 3. The largest absolute Gasteiger partial charge is 0.359 e. The summed E-state index contributed by atoms with van der Waals surface area (Å²) < 4.78 is 6.54. The van der Waals surface area contributed by atoms with Crippen molar-refractivity contribution in [2.24, 2.45) is 23.7 Å². The first-order valence-corrected chi connectivity index (χ1v) is 15.8. The maximum Gasteiger partial charge on any atom is 0.246 e. The molecule has 3 amide bonds. The Hall–Kier alpha value is -2.71. The van der Waals surface area contributed by atoms with Crippen LogP contribution in [0.25, 0.3) is 0 Å². The maximum absolute atomic E-state index is 14.3. The molecule has 2 N–H and O–H groups in total. The average Bonchev–Trinajstić information content (AvgIpc) is 3.57. The third kappa shape index (κ3) is 5.57. The molecule has 1 spiro atoms. The first-order chi connectivity index (χ1) is 19.7. The lowest BCUT2D eigenvalue weighted by Gasteiger charge is -2.38. The van der Waals surface area contributed by atoms with Crippen LogP contribution in [0.1, 0.15) is 65.4 Å². The van der Waals surface area contributed by atoms with E-state index in [9.17, 15) is 14.4 Å². The van der Waals surface area contributed by atoms with E-state index in [2.05, 4.69) is 43.2 Å². The Balaban J connectivity index is 1.43. The van der Waals surface area contributed by atoms with E-state index in [-0.39, 0.29) is 23.8 Å². The Labute approximate surface area is 245 Å². The monoisotopic (exact) mass is 564 g/mol. The van der Waals surface area contributed by atoms with Crippen molar-refractivity contribution in [2.45, 2.75) is 90.5 Å². The van der Waals surface area contributed by atoms with Gasteiger partial charge in [0.1, 0.15) is 11.6 Å². The topological polar surface area (TPSA) is 91.0 Å². The van der Waals surface area contributed by atoms with Gasteiger partial charge in [-0.2, -0.15) is 0 Å². The second kappa shape index (κ2) is 12.3. The number of rotatable bonds is 11. The van der Waals surface area contributed by atoms with Gasteiger partial charge in [0.25, 0.3) is 0 Å². The molecular weight excluding hydrogens is 516 g/mol. The lowest BCUT2D eigenvalue weighted by molar-refractivity contribution is -0.141. The number of amides is 3. The zero-order valence-corrected chi connectivity index (χ0v) is 25.4. The Morgan fingerprint density at radius 3 is 2.56 bits per heavy atom. The molecule has 3 heterocycles. The lowest BCUT2D eigenvalue weighted by Crippen LogP contribution is -2.58. The minimum atomic E-state index is -1.13. The molecule has 41 heavy (non-hydrogen) atoms. The fourth-order valence-electron chi connectivity index (χ4n) is 7.72. The minimum Gasteiger partial charge on any atom is -0.359 e. The fourth-order valence-corrected chi connectivity index (χ4v) is 7.72. The second-order valence-corrected chi connectivity index (χ2v) is 12.8. The van der Waals surface area contributed by atoms with Gasteiger partial charge < -0.3 is 25.2 Å². The fraction of sp³-hybridized carbons (Fsp3) is 0.667. The van der Waals surface area contributed by atoms with Gasteiger partial charge in [-0.15, -0.1) is 0 Å². The van der Waals surface area contributed by atoms with Crippen LogP contribution in [0.15, 0.2) is 36.4 Å². The minimum absolute atomic E-state index is 0.0679. The summed E-state index contributed by atoms with van der Waals surface area (Å²) in [5.41, 5.74) is 0.602. The highest BCUT2D eigenvalue weighted by Crippen LogP contribution is 2.55. The summed E-state index contributed by atoms with van der Waals surface area (Å²) in [5, 5.41) is 6.37. The number of ether oxygens (including phenoxy) is 1. The van der Waals surface area contributed by atoms with Crippen molar-refractivity contribution < 1.29 is 19.1 Å². The molecule has 8 heteroatoms. The van der Waals surface area contributed by atoms with Crippen LogP contribution in [0.5, 0.6) is 0 Å². The van der Waals surface area contributed by atoms with Crippen LogP contribution >= 0.6 is 0 Å². The summed E-state index contributed by atoms with van der Waals surface area (Å²) in [7, 11) is 0. The molecule has 4 aliphatic rings. The molecule has 3 fully saturated rings. The third-order valence-electron chi connectivity index (χ3n) is 9.98. The Morgan fingerprint density at radius 2 is 1.85 bits per heavy atom. The van der Waals surface area contributed by atoms with E-state index in [4.69, 9.17) is 4.74 Å². The van der Waals surface area contributed by atoms with E-state index < -0.39 is 29.6 Å². The summed E-state index contributed by atoms with van der Waals surface area (Å²) >= 11 is 0. The quantitative estimate of drug-likeness (QED) is 0.394. The number of carbonyl (C=O) groups is 3. The Bertz CT molecular complexity index is 1160. The van der Waals surface area contributed by atoms with Crippen molar-refractivity contribution >= 4 is 23.4 Å². The number of aryl methyl sites for hydroxylation is 1. The van der Waals surface area contributed by atoms with Crippen molar-refractivity contribution in [3.63, 3.8) is 0 Å². The zero-order chi connectivity index (χ0) is 29.3. The van der Waals surface area contributed by atoms with Crippen molar-refractivity contribution in [2.75, 3.05) is 31.5 Å². The second-order valence-electron chi connectivity index (χ2n) is 12.8. The number of nitrogens with one attached hydrogen (secondary N) is 2. The third-order valence-corrected chi connectivity index (χ3v) is 9.98. The van der Waals surface area contributed by atoms with Crippen LogP contribution in [0.2, 0.25) is 0 Å². The smallest absolute Gasteiger partial charge is 0.246 e. The number of nitrogens with zero attached hydrogens (tertiary/aromatic N) is 2. The predicted octanol–water partition coefficient (Wildman–Crippen LogP) is 4.15. The first-order valence-electron chi connectivity index (χ1n) is 15.8. The van der Waals surface area contributed by atoms with E-state index in [0.717, 1.165) is 44.3 Å². The molecular formula is C33H48N4O4. The van der Waals surface area contributed by atoms with Crippen LogP contribution in [0.4, 0.5) is 5.69 Å². The van der Waals surface area contributed by atoms with Gasteiger partial charge in [0, 0.05) is 24.8 Å². The molecule has 0 aromatic heterocycles. The summed E-state index contributed by atoms with van der Waals surface area (Å²) in [6.45, 7) is 13.8. The number of likely N-dealkylation sites (tertiary alicyclic amines) is 1. The standard InChI is InChI=1S/C33H48N4O4/c1-6-16-36(17-7-2)18-19-37-29(31(39)35-25-13-9-11-22(4)23(25)5)33-15-14-26(41-33)27(28(33)32(37)40)30(38)34-24-12-8-10-21(3)20-24/h8,10,12,14-15,20,22-23,25-29H,6-7,9,11,13,16-19H2,1-5H3,(H,34,38)(H,35,39)/t22-,23+,25-,26+,27-,28+,29+,33+/m1/s1. The summed E-state index contributed by atoms with van der Waals surface area (Å²) in [4.78, 5) is 46.3. The lowest BCUT2D eigenvalue weighted by atomic mass is 9.73. The van der Waals surface area contributed by atoms with E-state index in [1.807, 2.05) is 43.3 Å². The number of fused-ring (bicyclic) bond motifs is 1. The van der Waals surface area contributed by atoms with E-state index >= 15 is 0 Å². The summed E-state index contributed by atoms with van der Waals surface area (Å²) in [5.74, 6) is -1.07. The van der Waals surface area contributed by atoms with E-state index in [1.54, 1.807) is 4.90 Å². The molecule has 2 saturated heterocycles. The van der Waals surface area contributed by atoms with Gasteiger partial charge in [0.05, 0.1) is 17.9 Å². The van der Waals surface area contributed by atoms with E-state index in [1.165, 1.54) is 6.42 Å². The predicted molar refractivity (Wildman–Crippen MR) is 160 cm³/mol. The highest BCUT2D eigenvalue weighted by atomic mass is 16.5. The van der Waals surface area contributed by atoms with Gasteiger partial charge in [-0.25, -0.2) is 0 Å². The number of benzene rings is 1. The molecule has 5 rings (SSSR count). The highest BCUT2D eigenvalue weighted by molar-refractivity contribution is 6.02. The SMILES string of the molecule is CCCN(CCC)CCN1C(=O)[C@@H]2[C@H](C(=O)Nc3cccc(C)c3)[C@@H]3C=C[C@@]2(O3)[C@@H]1C(=O)N[C@@H]1CCC[C@@H](C)[C@@H]1C. The molecule has 1 aromatic carbocycles. The van der Waals surface area contributed by atoms with Gasteiger partial charge in [-0.1, -0.05) is 64.8 Å². The van der Waals surface area contributed by atoms with Crippen molar-refractivity contribution in [1.82, 2.24) is 15.1 Å². The van der Waals surface area contributed by atoms with E-state index in [0.29, 0.717) is 30.6 Å². The molecule has 3 aliphatic heterocycles. The van der Waals surface area contributed by atoms with Crippen LogP contribution in [-0.2, 0) is 19.1 Å². The van der Waals surface area contributed by atoms with Crippen LogP contribution < -0.4 is 10.6 Å². The first kappa shape index (κ1) is 29.8. The molecule has 8 atom stereocenters. The molecule has 1 aliphatic carbocycles. The number of anilines is 1. The molecule has 1 saturated carbocycles. The molecule has 0 radical (unpaired) electrons. The van der Waals surface area contributed by atoms with Crippen LogP contribution in [0, 0.1) is 30.6 Å². The molecule has 0 unspecified atom stereocenters. The number of hydrogen-bond donors (Lipinski definition) is 2. The van der Waals surface area contributed by atoms with Gasteiger partial charge in [-0.05, 0) is 68.8 Å². The summed E-state index contributed by atoms with van der Waals surface area (Å²) in [6, 6.07) is 6.91. The van der Waals surface area contributed by atoms with Gasteiger partial charge in [-0.3, -0.25) is 14.4 Å². The normalized spacial score (nSPS) is 33.9. The van der Waals surface area contributed by atoms with Gasteiger partial charge in [0.15, 0.2) is 0 Å². The van der Waals surface area contributed by atoms with Gasteiger partial charge in [0.2, 0.25) is 17.7 Å². The van der Waals surface area contributed by atoms with Crippen molar-refractivity contribution in [3.05, 3.63) is 42.0 Å². The maximum atomic E-state index is 14.3. The Kier molecular flexibility index (Phi) is 8.90. The molecule has 1 aromatic rings. The highest BCUT2D eigenvalue weighted by Gasteiger charge is 2.72. The molecule has 2 bridgehead atoms. The zero-order valence-electron chi connectivity index (χ0n) is 25.4. The van der Waals surface area contributed by atoms with Crippen molar-refractivity contribution in [1.29, 1.82) is 0 Å². The van der Waals surface area contributed by atoms with Crippen molar-refractivity contribution in [3.8, 4) is 0 Å².